The number of hydrogen-bond donors (Lipinski definition) is 0. The smallest absolute Gasteiger partial charge is 0.387 e. The van der Waals surface area contributed by atoms with Gasteiger partial charge in [-0.15, -0.1) is 11.8 Å². The molecule has 0 amide bonds. The van der Waals surface area contributed by atoms with Crippen molar-refractivity contribution in [3.63, 3.8) is 0 Å². The molecule has 44 heavy (non-hydrogen) atoms. The zero-order valence-corrected chi connectivity index (χ0v) is 26.5. The van der Waals surface area contributed by atoms with Crippen molar-refractivity contribution >= 4 is 51.0 Å². The Labute approximate surface area is 267 Å². The van der Waals surface area contributed by atoms with Crippen molar-refractivity contribution in [1.82, 2.24) is 9.29 Å². The van der Waals surface area contributed by atoms with Gasteiger partial charge in [-0.3, -0.25) is 4.98 Å². The number of sulfonamides is 1. The Morgan fingerprint density at radius 3 is 2.55 bits per heavy atom. The van der Waals surface area contributed by atoms with Crippen LogP contribution in [0.5, 0.6) is 17.2 Å². The van der Waals surface area contributed by atoms with Crippen LogP contribution in [-0.2, 0) is 26.0 Å². The van der Waals surface area contributed by atoms with E-state index >= 15 is 0 Å². The van der Waals surface area contributed by atoms with Crippen LogP contribution < -0.4 is 14.2 Å². The summed E-state index contributed by atoms with van der Waals surface area (Å²) in [5.74, 6) is 0.0874. The lowest BCUT2D eigenvalue weighted by atomic mass is 10.0. The molecular formula is C29H28Cl2F2N2O7S2. The van der Waals surface area contributed by atoms with Crippen LogP contribution in [0.2, 0.25) is 10.0 Å². The highest BCUT2D eigenvalue weighted by atomic mass is 35.5. The molecule has 9 nitrogen and oxygen atoms in total. The van der Waals surface area contributed by atoms with Gasteiger partial charge in [0, 0.05) is 37.2 Å². The lowest BCUT2D eigenvalue weighted by Crippen LogP contribution is -2.40. The van der Waals surface area contributed by atoms with Crippen LogP contribution in [0.1, 0.15) is 30.1 Å². The zero-order valence-electron chi connectivity index (χ0n) is 23.3. The number of esters is 1. The molecule has 0 radical (unpaired) electrons. The second-order valence-corrected chi connectivity index (χ2v) is 14.0. The zero-order chi connectivity index (χ0) is 31.4. The Bertz CT molecular complexity index is 1590. The van der Waals surface area contributed by atoms with Crippen molar-refractivity contribution in [2.24, 2.45) is 5.92 Å². The lowest BCUT2D eigenvalue weighted by Gasteiger charge is -2.26. The highest BCUT2D eigenvalue weighted by Crippen LogP contribution is 2.39. The van der Waals surface area contributed by atoms with E-state index < -0.39 is 34.1 Å². The molecular weight excluding hydrogens is 661 g/mol. The molecule has 0 N–H and O–H groups in total. The van der Waals surface area contributed by atoms with Gasteiger partial charge in [-0.05, 0) is 54.2 Å². The molecule has 1 aliphatic carbocycles. The van der Waals surface area contributed by atoms with Gasteiger partial charge in [-0.2, -0.15) is 13.1 Å². The molecule has 1 saturated heterocycles. The normalized spacial score (nSPS) is 17.8. The average Bonchev–Trinajstić information content (AvgIpc) is 3.69. The van der Waals surface area contributed by atoms with E-state index in [0.29, 0.717) is 35.2 Å². The first-order valence-corrected chi connectivity index (χ1v) is 16.8. The summed E-state index contributed by atoms with van der Waals surface area (Å²) in [5.41, 5.74) is 0.800. The fraction of sp³-hybridized carbons (Fsp3) is 0.379. The van der Waals surface area contributed by atoms with E-state index in [1.807, 2.05) is 0 Å². The number of halogens is 4. The summed E-state index contributed by atoms with van der Waals surface area (Å²) in [4.78, 5) is 17.6. The highest BCUT2D eigenvalue weighted by molar-refractivity contribution is 8.02. The molecule has 3 aromatic rings. The number of alkyl halides is 2. The van der Waals surface area contributed by atoms with Gasteiger partial charge in [-0.25, -0.2) is 13.2 Å². The van der Waals surface area contributed by atoms with Gasteiger partial charge in [0.15, 0.2) is 16.9 Å². The van der Waals surface area contributed by atoms with Crippen molar-refractivity contribution in [3.8, 4) is 17.2 Å². The van der Waals surface area contributed by atoms with Crippen molar-refractivity contribution in [3.05, 3.63) is 76.0 Å². The number of aromatic nitrogens is 1. The molecule has 0 spiro atoms. The van der Waals surface area contributed by atoms with Crippen LogP contribution in [0, 0.1) is 5.92 Å². The molecule has 1 saturated carbocycles. The van der Waals surface area contributed by atoms with Crippen molar-refractivity contribution < 1.29 is 40.9 Å². The van der Waals surface area contributed by atoms with Crippen LogP contribution in [0.4, 0.5) is 8.78 Å². The predicted molar refractivity (Wildman–Crippen MR) is 161 cm³/mol. The number of ether oxygens (including phenoxy) is 4. The number of rotatable bonds is 13. The molecule has 5 rings (SSSR count). The Hall–Kier alpha value is -2.84. The third kappa shape index (κ3) is 7.68. The number of methoxy groups -OCH3 is 1. The second-order valence-electron chi connectivity index (χ2n) is 10.1. The summed E-state index contributed by atoms with van der Waals surface area (Å²) < 4.78 is 76.2. The quantitative estimate of drug-likeness (QED) is 0.189. The maximum Gasteiger partial charge on any atom is 0.387 e. The molecule has 2 heterocycles. The third-order valence-electron chi connectivity index (χ3n) is 7.03. The lowest BCUT2D eigenvalue weighted by molar-refractivity contribution is -0.150. The summed E-state index contributed by atoms with van der Waals surface area (Å²) in [5, 5.41) is -0.748. The van der Waals surface area contributed by atoms with E-state index in [1.165, 1.54) is 49.8 Å². The molecule has 2 aromatic carbocycles. The summed E-state index contributed by atoms with van der Waals surface area (Å²) in [6, 6.07) is 10.2. The maximum atomic E-state index is 13.7. The molecule has 2 fully saturated rings. The molecule has 0 unspecified atom stereocenters. The number of carbonyl (C=O) groups is 1. The topological polar surface area (TPSA) is 104 Å². The first-order valence-electron chi connectivity index (χ1n) is 13.5. The van der Waals surface area contributed by atoms with Crippen LogP contribution in [0.15, 0.2) is 59.8 Å². The highest BCUT2D eigenvalue weighted by Gasteiger charge is 2.42. The minimum atomic E-state index is -4.10. The van der Waals surface area contributed by atoms with Gasteiger partial charge >= 0.3 is 12.6 Å². The number of hydrogen-bond acceptors (Lipinski definition) is 9. The van der Waals surface area contributed by atoms with E-state index in [9.17, 15) is 22.0 Å². The van der Waals surface area contributed by atoms with Gasteiger partial charge in [0.2, 0.25) is 10.0 Å². The molecule has 236 valence electrons. The van der Waals surface area contributed by atoms with E-state index in [1.54, 1.807) is 12.1 Å². The van der Waals surface area contributed by atoms with Gasteiger partial charge < -0.3 is 18.9 Å². The first kappa shape index (κ1) is 32.6. The summed E-state index contributed by atoms with van der Waals surface area (Å²) in [7, 11) is -2.67. The third-order valence-corrected chi connectivity index (χ3v) is 10.9. The van der Waals surface area contributed by atoms with Gasteiger partial charge in [0.1, 0.15) is 11.9 Å². The monoisotopic (exact) mass is 688 g/mol. The minimum Gasteiger partial charge on any atom is -0.497 e. The van der Waals surface area contributed by atoms with Gasteiger partial charge in [-0.1, -0.05) is 35.3 Å². The van der Waals surface area contributed by atoms with Crippen LogP contribution in [0.3, 0.4) is 0 Å². The van der Waals surface area contributed by atoms with Crippen LogP contribution in [-0.4, -0.2) is 61.7 Å². The molecule has 1 aromatic heterocycles. The number of benzene rings is 2. The predicted octanol–water partition coefficient (Wildman–Crippen LogP) is 6.38. The fourth-order valence-electron chi connectivity index (χ4n) is 4.55. The molecule has 15 heteroatoms. The number of nitrogens with zero attached hydrogens (tertiary/aromatic N) is 2. The largest absolute Gasteiger partial charge is 0.497 e. The summed E-state index contributed by atoms with van der Waals surface area (Å²) in [6.07, 6.45) is 3.63. The van der Waals surface area contributed by atoms with E-state index in [0.717, 1.165) is 28.9 Å². The Morgan fingerprint density at radius 1 is 1.11 bits per heavy atom. The summed E-state index contributed by atoms with van der Waals surface area (Å²) in [6.45, 7) is -2.69. The SMILES string of the molecule is COc1cccc(S(=O)(=O)N2CCS[C@H]2C(=O)O[C@@H](Cc2c(Cl)cncc2Cl)c2ccc(OC(F)F)c(OCC3CC3)c2)c1. The molecule has 1 aliphatic heterocycles. The van der Waals surface area contributed by atoms with Crippen LogP contribution >= 0.6 is 35.0 Å². The van der Waals surface area contributed by atoms with Crippen molar-refractivity contribution in [2.45, 2.75) is 42.2 Å². The standard InChI is InChI=1S/C29H28Cl2F2N2O7S2/c1-39-19-3-2-4-20(12-19)44(37,38)35-9-10-43-27(35)28(36)41-25(13-21-22(30)14-34-15-23(21)31)18-7-8-24(42-29(32)33)26(11-18)40-16-17-5-6-17/h2-4,7-8,11-12,14-15,17,25,27,29H,5-6,9-10,13,16H2,1H3/t25-,27-/m0/s1. The van der Waals surface area contributed by atoms with E-state index in [4.69, 9.17) is 37.4 Å². The van der Waals surface area contributed by atoms with Crippen molar-refractivity contribution in [1.29, 1.82) is 0 Å². The number of carbonyl (C=O) groups excluding carboxylic acids is 1. The molecule has 0 bridgehead atoms. The summed E-state index contributed by atoms with van der Waals surface area (Å²) >= 11 is 13.9. The Kier molecular flexibility index (Phi) is 10.4. The van der Waals surface area contributed by atoms with E-state index in [-0.39, 0.29) is 39.4 Å². The number of pyridine rings is 1. The number of thioether (sulfide) groups is 1. The minimum absolute atomic E-state index is 0.0247. The Balaban J connectivity index is 1.46. The van der Waals surface area contributed by atoms with Crippen LogP contribution in [0.25, 0.3) is 0 Å². The van der Waals surface area contributed by atoms with Crippen molar-refractivity contribution in [2.75, 3.05) is 26.0 Å². The maximum absolute atomic E-state index is 13.7. The van der Waals surface area contributed by atoms with Gasteiger partial charge in [0.25, 0.3) is 0 Å². The molecule has 2 atom stereocenters. The first-order chi connectivity index (χ1) is 21.1. The van der Waals surface area contributed by atoms with Gasteiger partial charge in [0.05, 0.1) is 28.7 Å². The van der Waals surface area contributed by atoms with E-state index in [2.05, 4.69) is 9.72 Å². The Morgan fingerprint density at radius 2 is 1.86 bits per heavy atom. The fourth-order valence-corrected chi connectivity index (χ4v) is 8.15. The average molecular weight is 690 g/mol. The second kappa shape index (κ2) is 14.1. The molecule has 2 aliphatic rings.